The molecule has 1 aliphatic rings. The van der Waals surface area contributed by atoms with Crippen molar-refractivity contribution in [3.8, 4) is 0 Å². The highest BCUT2D eigenvalue weighted by molar-refractivity contribution is 6.04. The van der Waals surface area contributed by atoms with Gasteiger partial charge in [-0.1, -0.05) is 43.7 Å². The molecule has 1 fully saturated rings. The third-order valence-electron chi connectivity index (χ3n) is 3.37. The predicted molar refractivity (Wildman–Crippen MR) is 74.6 cm³/mol. The molecule has 0 spiro atoms. The Hall–Kier alpha value is -1.57. The van der Waals surface area contributed by atoms with Gasteiger partial charge < -0.3 is 4.90 Å². The fraction of sp³-hybridized carbons (Fsp3) is 0.438. The number of allylic oxidation sites excluding steroid dienone is 2. The van der Waals surface area contributed by atoms with Crippen molar-refractivity contribution in [2.24, 2.45) is 0 Å². The van der Waals surface area contributed by atoms with Gasteiger partial charge in [0.25, 0.3) is 0 Å². The van der Waals surface area contributed by atoms with Gasteiger partial charge in [0.15, 0.2) is 5.78 Å². The molecule has 0 atom stereocenters. The van der Waals surface area contributed by atoms with Crippen molar-refractivity contribution in [3.05, 3.63) is 47.7 Å². The molecule has 0 bridgehead atoms. The average molecular weight is 243 g/mol. The Balaban J connectivity index is 2.14. The van der Waals surface area contributed by atoms with Crippen molar-refractivity contribution in [1.29, 1.82) is 0 Å². The molecular formula is C16H21NO. The van der Waals surface area contributed by atoms with Crippen molar-refractivity contribution in [3.63, 3.8) is 0 Å². The van der Waals surface area contributed by atoms with Gasteiger partial charge in [-0.15, -0.1) is 0 Å². The van der Waals surface area contributed by atoms with Gasteiger partial charge in [0.2, 0.25) is 0 Å². The first-order valence-electron chi connectivity index (χ1n) is 6.86. The number of hydrogen-bond acceptors (Lipinski definition) is 2. The smallest absolute Gasteiger partial charge is 0.187 e. The molecule has 1 saturated heterocycles. The Morgan fingerprint density at radius 1 is 1.22 bits per heavy atom. The number of hydrogen-bond donors (Lipinski definition) is 0. The maximum absolute atomic E-state index is 12.2. The lowest BCUT2D eigenvalue weighted by Gasteiger charge is -2.21. The standard InChI is InChI=1S/C16H21NO/c1-2-8-15(17-11-6-7-12-17)13-16(18)14-9-4-3-5-10-14/h3-5,9-10,13H,2,6-8,11-12H2,1H3/b15-13+. The van der Waals surface area contributed by atoms with Crippen molar-refractivity contribution in [2.45, 2.75) is 32.6 Å². The number of nitrogens with zero attached hydrogens (tertiary/aromatic N) is 1. The van der Waals surface area contributed by atoms with Crippen LogP contribution in [0.1, 0.15) is 43.0 Å². The maximum Gasteiger partial charge on any atom is 0.187 e. The average Bonchev–Trinajstić information content (AvgIpc) is 2.93. The van der Waals surface area contributed by atoms with Crippen molar-refractivity contribution in [1.82, 2.24) is 4.90 Å². The summed E-state index contributed by atoms with van der Waals surface area (Å²) in [5.41, 5.74) is 1.99. The van der Waals surface area contributed by atoms with Gasteiger partial charge in [-0.2, -0.15) is 0 Å². The molecule has 0 unspecified atom stereocenters. The van der Waals surface area contributed by atoms with E-state index >= 15 is 0 Å². The van der Waals surface area contributed by atoms with Gasteiger partial charge in [-0.25, -0.2) is 0 Å². The third-order valence-corrected chi connectivity index (χ3v) is 3.37. The summed E-state index contributed by atoms with van der Waals surface area (Å²) in [6.07, 6.45) is 6.42. The van der Waals surface area contributed by atoms with Crippen LogP contribution in [0.25, 0.3) is 0 Å². The minimum atomic E-state index is 0.131. The fourth-order valence-electron chi connectivity index (χ4n) is 2.42. The summed E-state index contributed by atoms with van der Waals surface area (Å²) in [7, 11) is 0. The Labute approximate surface area is 109 Å². The number of benzene rings is 1. The summed E-state index contributed by atoms with van der Waals surface area (Å²) in [6.45, 7) is 4.37. The van der Waals surface area contributed by atoms with Crippen LogP contribution in [0, 0.1) is 0 Å². The molecule has 0 radical (unpaired) electrons. The van der Waals surface area contributed by atoms with E-state index in [1.165, 1.54) is 18.5 Å². The number of carbonyl (C=O) groups excluding carboxylic acids is 1. The van der Waals surface area contributed by atoms with E-state index in [4.69, 9.17) is 0 Å². The lowest BCUT2D eigenvalue weighted by molar-refractivity contribution is 0.104. The molecule has 1 aromatic carbocycles. The summed E-state index contributed by atoms with van der Waals surface area (Å²) >= 11 is 0. The quantitative estimate of drug-likeness (QED) is 0.581. The SMILES string of the molecule is CCC/C(=C\C(=O)c1ccccc1)N1CCCC1. The predicted octanol–water partition coefficient (Wildman–Crippen LogP) is 3.65. The van der Waals surface area contributed by atoms with Gasteiger partial charge in [0.1, 0.15) is 0 Å². The topological polar surface area (TPSA) is 20.3 Å². The van der Waals surface area contributed by atoms with Crippen LogP contribution in [0.15, 0.2) is 42.1 Å². The summed E-state index contributed by atoms with van der Waals surface area (Å²) < 4.78 is 0. The first-order chi connectivity index (χ1) is 8.81. The highest BCUT2D eigenvalue weighted by Gasteiger charge is 2.15. The van der Waals surface area contributed by atoms with E-state index in [9.17, 15) is 4.79 Å². The Kier molecular flexibility index (Phi) is 4.57. The molecule has 96 valence electrons. The van der Waals surface area contributed by atoms with Gasteiger partial charge in [-0.05, 0) is 19.3 Å². The van der Waals surface area contributed by atoms with Crippen LogP contribution in [-0.4, -0.2) is 23.8 Å². The molecular weight excluding hydrogens is 222 g/mol. The Morgan fingerprint density at radius 3 is 2.50 bits per heavy atom. The zero-order valence-electron chi connectivity index (χ0n) is 11.1. The second kappa shape index (κ2) is 6.39. The zero-order chi connectivity index (χ0) is 12.8. The van der Waals surface area contributed by atoms with Crippen LogP contribution in [0.5, 0.6) is 0 Å². The molecule has 1 aromatic rings. The maximum atomic E-state index is 12.2. The minimum absolute atomic E-state index is 0.131. The minimum Gasteiger partial charge on any atom is -0.375 e. The van der Waals surface area contributed by atoms with Crippen LogP contribution in [0.4, 0.5) is 0 Å². The van der Waals surface area contributed by atoms with E-state index in [0.717, 1.165) is 31.5 Å². The van der Waals surface area contributed by atoms with Gasteiger partial charge >= 0.3 is 0 Å². The van der Waals surface area contributed by atoms with Crippen molar-refractivity contribution >= 4 is 5.78 Å². The van der Waals surface area contributed by atoms with Crippen molar-refractivity contribution in [2.75, 3.05) is 13.1 Å². The summed E-state index contributed by atoms with van der Waals surface area (Å²) in [6, 6.07) is 9.53. The molecule has 1 aliphatic heterocycles. The molecule has 18 heavy (non-hydrogen) atoms. The number of ketones is 1. The van der Waals surface area contributed by atoms with Gasteiger partial charge in [0.05, 0.1) is 0 Å². The van der Waals surface area contributed by atoms with Crippen LogP contribution in [0.3, 0.4) is 0 Å². The van der Waals surface area contributed by atoms with Crippen LogP contribution in [0.2, 0.25) is 0 Å². The highest BCUT2D eigenvalue weighted by atomic mass is 16.1. The summed E-state index contributed by atoms with van der Waals surface area (Å²) in [5, 5.41) is 0. The van der Waals surface area contributed by atoms with Crippen LogP contribution < -0.4 is 0 Å². The van der Waals surface area contributed by atoms with E-state index in [2.05, 4.69) is 11.8 Å². The normalized spacial score (nSPS) is 16.1. The summed E-state index contributed by atoms with van der Waals surface area (Å²) in [5.74, 6) is 0.131. The third kappa shape index (κ3) is 3.22. The van der Waals surface area contributed by atoms with E-state index in [1.807, 2.05) is 36.4 Å². The van der Waals surface area contributed by atoms with Crippen LogP contribution in [-0.2, 0) is 0 Å². The van der Waals surface area contributed by atoms with Crippen molar-refractivity contribution < 1.29 is 4.79 Å². The largest absolute Gasteiger partial charge is 0.375 e. The molecule has 0 aromatic heterocycles. The van der Waals surface area contributed by atoms with E-state index < -0.39 is 0 Å². The Morgan fingerprint density at radius 2 is 1.89 bits per heavy atom. The second-order valence-electron chi connectivity index (χ2n) is 4.81. The molecule has 2 rings (SSSR count). The highest BCUT2D eigenvalue weighted by Crippen LogP contribution is 2.19. The number of likely N-dealkylation sites (tertiary alicyclic amines) is 1. The molecule has 2 heteroatoms. The second-order valence-corrected chi connectivity index (χ2v) is 4.81. The lowest BCUT2D eigenvalue weighted by Crippen LogP contribution is -2.19. The van der Waals surface area contributed by atoms with E-state index in [1.54, 1.807) is 0 Å². The monoisotopic (exact) mass is 243 g/mol. The van der Waals surface area contributed by atoms with E-state index in [0.29, 0.717) is 0 Å². The lowest BCUT2D eigenvalue weighted by atomic mass is 10.1. The summed E-state index contributed by atoms with van der Waals surface area (Å²) in [4.78, 5) is 14.5. The Bertz CT molecular complexity index is 416. The van der Waals surface area contributed by atoms with E-state index in [-0.39, 0.29) is 5.78 Å². The number of carbonyl (C=O) groups is 1. The molecule has 2 nitrogen and oxygen atoms in total. The molecule has 0 aliphatic carbocycles. The van der Waals surface area contributed by atoms with Gasteiger partial charge in [0, 0.05) is 30.4 Å². The first-order valence-corrected chi connectivity index (χ1v) is 6.86. The fourth-order valence-corrected chi connectivity index (χ4v) is 2.42. The first kappa shape index (κ1) is 12.9. The molecule has 0 N–H and O–H groups in total. The molecule has 1 heterocycles. The van der Waals surface area contributed by atoms with Crippen LogP contribution >= 0.6 is 0 Å². The zero-order valence-corrected chi connectivity index (χ0v) is 11.1. The molecule has 0 amide bonds. The van der Waals surface area contributed by atoms with Gasteiger partial charge in [-0.3, -0.25) is 4.79 Å². The number of rotatable bonds is 5. The molecule has 0 saturated carbocycles.